The van der Waals surface area contributed by atoms with Crippen molar-refractivity contribution in [3.63, 3.8) is 0 Å². The van der Waals surface area contributed by atoms with E-state index in [2.05, 4.69) is 10.1 Å². The van der Waals surface area contributed by atoms with Gasteiger partial charge < -0.3 is 0 Å². The van der Waals surface area contributed by atoms with Crippen LogP contribution < -0.4 is 0 Å². The highest BCUT2D eigenvalue weighted by Crippen LogP contribution is 2.21. The van der Waals surface area contributed by atoms with Crippen LogP contribution in [0.3, 0.4) is 0 Å². The van der Waals surface area contributed by atoms with Gasteiger partial charge in [0.05, 0.1) is 10.7 Å². The summed E-state index contributed by atoms with van der Waals surface area (Å²) in [5.41, 5.74) is 1.36. The highest BCUT2D eigenvalue weighted by atomic mass is 35.5. The normalized spacial score (nSPS) is 10.4. The molecule has 5 heteroatoms. The maximum atomic E-state index is 12.0. The van der Waals surface area contributed by atoms with Gasteiger partial charge in [0.2, 0.25) is 5.78 Å². The number of nitrogens with zero attached hydrogens (tertiary/aromatic N) is 3. The molecule has 0 aliphatic rings. The average Bonchev–Trinajstić information content (AvgIpc) is 2.57. The Morgan fingerprint density at radius 3 is 2.69 bits per heavy atom. The molecule has 2 aromatic rings. The standard InChI is InChI=1S/C11H10ClN3O/c1-7-9(12)10(14-15(7)2)11(16)8-5-3-4-6-13-8/h3-6H,1-2H3. The van der Waals surface area contributed by atoms with Crippen molar-refractivity contribution < 1.29 is 4.79 Å². The number of pyridine rings is 1. The topological polar surface area (TPSA) is 47.8 Å². The summed E-state index contributed by atoms with van der Waals surface area (Å²) in [6.45, 7) is 1.81. The fraction of sp³-hybridized carbons (Fsp3) is 0.182. The molecule has 16 heavy (non-hydrogen) atoms. The molecule has 0 saturated heterocycles. The van der Waals surface area contributed by atoms with Gasteiger partial charge in [0.15, 0.2) is 5.69 Å². The van der Waals surface area contributed by atoms with E-state index in [4.69, 9.17) is 11.6 Å². The maximum Gasteiger partial charge on any atom is 0.233 e. The number of carbonyl (C=O) groups excluding carboxylic acids is 1. The third-order valence-corrected chi connectivity index (χ3v) is 2.83. The minimum absolute atomic E-state index is 0.250. The molecule has 0 saturated carbocycles. The first-order valence-electron chi connectivity index (χ1n) is 4.76. The Bertz CT molecular complexity index is 534. The molecule has 2 rings (SSSR count). The van der Waals surface area contributed by atoms with Gasteiger partial charge in [-0.2, -0.15) is 5.10 Å². The first kappa shape index (κ1) is 10.8. The summed E-state index contributed by atoms with van der Waals surface area (Å²) in [6.07, 6.45) is 1.57. The largest absolute Gasteiger partial charge is 0.285 e. The van der Waals surface area contributed by atoms with E-state index in [0.717, 1.165) is 5.69 Å². The molecular weight excluding hydrogens is 226 g/mol. The second-order valence-electron chi connectivity index (χ2n) is 3.42. The Kier molecular flexibility index (Phi) is 2.75. The van der Waals surface area contributed by atoms with Crippen molar-refractivity contribution in [2.75, 3.05) is 0 Å². The highest BCUT2D eigenvalue weighted by molar-refractivity contribution is 6.35. The van der Waals surface area contributed by atoms with Gasteiger partial charge >= 0.3 is 0 Å². The molecule has 0 radical (unpaired) electrons. The maximum absolute atomic E-state index is 12.0. The Hall–Kier alpha value is -1.68. The molecule has 0 aromatic carbocycles. The van der Waals surface area contributed by atoms with Gasteiger partial charge in [0.25, 0.3) is 0 Å². The number of halogens is 1. The van der Waals surface area contributed by atoms with E-state index >= 15 is 0 Å². The van der Waals surface area contributed by atoms with Crippen molar-refractivity contribution >= 4 is 17.4 Å². The summed E-state index contributed by atoms with van der Waals surface area (Å²) in [4.78, 5) is 16.0. The Morgan fingerprint density at radius 2 is 2.19 bits per heavy atom. The predicted octanol–water partition coefficient (Wildman–Crippen LogP) is 2.01. The summed E-state index contributed by atoms with van der Waals surface area (Å²) in [7, 11) is 1.75. The van der Waals surface area contributed by atoms with Gasteiger partial charge in [-0.15, -0.1) is 0 Å². The zero-order valence-corrected chi connectivity index (χ0v) is 9.69. The lowest BCUT2D eigenvalue weighted by Gasteiger charge is -1.95. The van der Waals surface area contributed by atoms with Crippen molar-refractivity contribution in [3.05, 3.63) is 46.5 Å². The fourth-order valence-electron chi connectivity index (χ4n) is 1.35. The predicted molar refractivity (Wildman–Crippen MR) is 60.6 cm³/mol. The van der Waals surface area contributed by atoms with E-state index in [1.165, 1.54) is 0 Å². The average molecular weight is 236 g/mol. The van der Waals surface area contributed by atoms with Gasteiger partial charge in [0.1, 0.15) is 5.69 Å². The van der Waals surface area contributed by atoms with E-state index in [1.54, 1.807) is 36.1 Å². The molecule has 4 nitrogen and oxygen atoms in total. The van der Waals surface area contributed by atoms with Crippen LogP contribution in [-0.2, 0) is 7.05 Å². The fourth-order valence-corrected chi connectivity index (χ4v) is 1.59. The molecule has 0 aliphatic carbocycles. The molecule has 0 spiro atoms. The van der Waals surface area contributed by atoms with Crippen LogP contribution in [0.4, 0.5) is 0 Å². The zero-order chi connectivity index (χ0) is 11.7. The molecule has 0 fully saturated rings. The minimum Gasteiger partial charge on any atom is -0.285 e. The third-order valence-electron chi connectivity index (χ3n) is 2.37. The second-order valence-corrected chi connectivity index (χ2v) is 3.79. The molecule has 2 aromatic heterocycles. The number of aromatic nitrogens is 3. The van der Waals surface area contributed by atoms with Crippen LogP contribution in [0.2, 0.25) is 5.02 Å². The zero-order valence-electron chi connectivity index (χ0n) is 8.94. The molecular formula is C11H10ClN3O. The van der Waals surface area contributed by atoms with Crippen LogP contribution in [-0.4, -0.2) is 20.5 Å². The summed E-state index contributed by atoms with van der Waals surface area (Å²) in [6, 6.07) is 5.15. The smallest absolute Gasteiger partial charge is 0.233 e. The minimum atomic E-state index is -0.255. The van der Waals surface area contributed by atoms with E-state index < -0.39 is 0 Å². The summed E-state index contributed by atoms with van der Waals surface area (Å²) >= 11 is 6.03. The van der Waals surface area contributed by atoms with Crippen LogP contribution >= 0.6 is 11.6 Å². The van der Waals surface area contributed by atoms with Gasteiger partial charge in [-0.25, -0.2) is 0 Å². The SMILES string of the molecule is Cc1c(Cl)c(C(=O)c2ccccn2)nn1C. The number of hydrogen-bond donors (Lipinski definition) is 0. The summed E-state index contributed by atoms with van der Waals surface area (Å²) in [5, 5.41) is 4.47. The second kappa shape index (κ2) is 4.06. The highest BCUT2D eigenvalue weighted by Gasteiger charge is 2.20. The number of ketones is 1. The lowest BCUT2D eigenvalue weighted by Crippen LogP contribution is -2.05. The third kappa shape index (κ3) is 1.72. The Balaban J connectivity index is 2.46. The van der Waals surface area contributed by atoms with Crippen LogP contribution in [0.25, 0.3) is 0 Å². The van der Waals surface area contributed by atoms with Crippen LogP contribution in [0, 0.1) is 6.92 Å². The monoisotopic (exact) mass is 235 g/mol. The van der Waals surface area contributed by atoms with Crippen LogP contribution in [0.15, 0.2) is 24.4 Å². The quantitative estimate of drug-likeness (QED) is 0.748. The molecule has 82 valence electrons. The Labute approximate surface area is 97.9 Å². The lowest BCUT2D eigenvalue weighted by molar-refractivity contribution is 0.102. The number of hydrogen-bond acceptors (Lipinski definition) is 3. The number of aryl methyl sites for hydroxylation is 1. The molecule has 2 heterocycles. The lowest BCUT2D eigenvalue weighted by atomic mass is 10.2. The van der Waals surface area contributed by atoms with E-state index in [9.17, 15) is 4.79 Å². The molecule has 0 unspecified atom stereocenters. The van der Waals surface area contributed by atoms with Crippen molar-refractivity contribution in [1.29, 1.82) is 0 Å². The van der Waals surface area contributed by atoms with Gasteiger partial charge in [0, 0.05) is 13.2 Å². The van der Waals surface area contributed by atoms with Crippen LogP contribution in [0.1, 0.15) is 21.9 Å². The first-order valence-corrected chi connectivity index (χ1v) is 5.14. The van der Waals surface area contributed by atoms with E-state index in [1.807, 2.05) is 6.92 Å². The summed E-state index contributed by atoms with van der Waals surface area (Å²) < 4.78 is 1.58. The Morgan fingerprint density at radius 1 is 1.44 bits per heavy atom. The van der Waals surface area contributed by atoms with Gasteiger partial charge in [-0.05, 0) is 19.1 Å². The van der Waals surface area contributed by atoms with Crippen LogP contribution in [0.5, 0.6) is 0 Å². The van der Waals surface area contributed by atoms with Crippen molar-refractivity contribution in [1.82, 2.24) is 14.8 Å². The van der Waals surface area contributed by atoms with Crippen molar-refractivity contribution in [3.8, 4) is 0 Å². The summed E-state index contributed by atoms with van der Waals surface area (Å²) in [5.74, 6) is -0.255. The molecule has 0 aliphatic heterocycles. The van der Waals surface area contributed by atoms with Crippen molar-refractivity contribution in [2.45, 2.75) is 6.92 Å². The van der Waals surface area contributed by atoms with Gasteiger partial charge in [-0.1, -0.05) is 17.7 Å². The number of rotatable bonds is 2. The number of carbonyl (C=O) groups is 1. The molecule has 0 atom stereocenters. The molecule has 0 N–H and O–H groups in total. The van der Waals surface area contributed by atoms with Gasteiger partial charge in [-0.3, -0.25) is 14.5 Å². The molecule has 0 amide bonds. The van der Waals surface area contributed by atoms with E-state index in [-0.39, 0.29) is 11.5 Å². The van der Waals surface area contributed by atoms with Crippen molar-refractivity contribution in [2.24, 2.45) is 7.05 Å². The first-order chi connectivity index (χ1) is 7.61. The van der Waals surface area contributed by atoms with E-state index in [0.29, 0.717) is 10.7 Å². The molecule has 0 bridgehead atoms.